The molecule has 1 N–H and O–H groups in total. The summed E-state index contributed by atoms with van der Waals surface area (Å²) >= 11 is 0. The molecule has 0 bridgehead atoms. The van der Waals surface area contributed by atoms with Gasteiger partial charge >= 0.3 is 0 Å². The van der Waals surface area contributed by atoms with Gasteiger partial charge in [0.2, 0.25) is 0 Å². The average Bonchev–Trinajstić information content (AvgIpc) is 2.48. The molecule has 2 rings (SSSR count). The van der Waals surface area contributed by atoms with Crippen molar-refractivity contribution in [3.05, 3.63) is 71.0 Å². The Morgan fingerprint density at radius 2 is 1.90 bits per heavy atom. The minimum Gasteiger partial charge on any atom is -0.316 e. The lowest BCUT2D eigenvalue weighted by Gasteiger charge is -2.19. The molecular weight excluding hydrogens is 261 g/mol. The van der Waals surface area contributed by atoms with Crippen LogP contribution in [0.3, 0.4) is 0 Å². The van der Waals surface area contributed by atoms with E-state index in [1.807, 2.05) is 6.07 Å². The van der Waals surface area contributed by atoms with E-state index in [1.165, 1.54) is 17.2 Å². The summed E-state index contributed by atoms with van der Waals surface area (Å²) in [6.45, 7) is 6.17. The molecule has 0 spiro atoms. The summed E-state index contributed by atoms with van der Waals surface area (Å²) in [5.74, 6) is 0.145. The Labute approximate surface area is 127 Å². The molecule has 0 radical (unpaired) electrons. The van der Waals surface area contributed by atoms with E-state index in [1.54, 1.807) is 12.1 Å². The Kier molecular flexibility index (Phi) is 5.94. The van der Waals surface area contributed by atoms with Gasteiger partial charge in [0, 0.05) is 12.5 Å². The Hall–Kier alpha value is -1.67. The second kappa shape index (κ2) is 7.94. The molecule has 1 nitrogen and oxygen atoms in total. The van der Waals surface area contributed by atoms with E-state index in [0.717, 1.165) is 31.5 Å². The van der Waals surface area contributed by atoms with E-state index in [2.05, 4.69) is 43.4 Å². The van der Waals surface area contributed by atoms with Crippen LogP contribution in [0.4, 0.5) is 4.39 Å². The zero-order chi connectivity index (χ0) is 15.1. The van der Waals surface area contributed by atoms with Gasteiger partial charge < -0.3 is 5.32 Å². The molecule has 0 aliphatic heterocycles. The van der Waals surface area contributed by atoms with Crippen LogP contribution in [0.2, 0.25) is 0 Å². The molecule has 1 atom stereocenters. The molecule has 0 saturated carbocycles. The molecule has 0 heterocycles. The highest BCUT2D eigenvalue weighted by Crippen LogP contribution is 2.23. The van der Waals surface area contributed by atoms with Crippen LogP contribution in [0.15, 0.2) is 48.5 Å². The van der Waals surface area contributed by atoms with Gasteiger partial charge in [-0.15, -0.1) is 0 Å². The van der Waals surface area contributed by atoms with Gasteiger partial charge in [0.15, 0.2) is 0 Å². The number of aryl methyl sites for hydroxylation is 1. The number of nitrogens with one attached hydrogen (secondary N) is 1. The smallest absolute Gasteiger partial charge is 0.123 e. The first-order valence-corrected chi connectivity index (χ1v) is 7.71. The first-order chi connectivity index (χ1) is 10.2. The number of halogens is 1. The van der Waals surface area contributed by atoms with Crippen molar-refractivity contribution in [2.75, 3.05) is 13.1 Å². The molecule has 0 saturated heterocycles. The Balaban J connectivity index is 2.17. The summed E-state index contributed by atoms with van der Waals surface area (Å²) in [7, 11) is 0. The van der Waals surface area contributed by atoms with E-state index < -0.39 is 0 Å². The third kappa shape index (κ3) is 4.68. The molecule has 0 aliphatic carbocycles. The van der Waals surface area contributed by atoms with Crippen molar-refractivity contribution in [1.82, 2.24) is 5.32 Å². The fourth-order valence-corrected chi connectivity index (χ4v) is 2.63. The summed E-state index contributed by atoms with van der Waals surface area (Å²) in [5.41, 5.74) is 3.71. The minimum absolute atomic E-state index is 0.155. The zero-order valence-electron chi connectivity index (χ0n) is 12.9. The minimum atomic E-state index is -0.155. The van der Waals surface area contributed by atoms with Crippen molar-refractivity contribution >= 4 is 0 Å². The van der Waals surface area contributed by atoms with Crippen molar-refractivity contribution in [1.29, 1.82) is 0 Å². The SMILES string of the molecule is CCCNCC(Cc1ccccc1C)c1cccc(F)c1. The van der Waals surface area contributed by atoms with Crippen LogP contribution in [-0.2, 0) is 6.42 Å². The van der Waals surface area contributed by atoms with Gasteiger partial charge in [-0.1, -0.05) is 43.3 Å². The normalized spacial score (nSPS) is 12.3. The summed E-state index contributed by atoms with van der Waals surface area (Å²) < 4.78 is 13.5. The molecule has 0 fully saturated rings. The summed E-state index contributed by atoms with van der Waals surface area (Å²) in [6.07, 6.45) is 2.05. The highest BCUT2D eigenvalue weighted by molar-refractivity contribution is 5.30. The quantitative estimate of drug-likeness (QED) is 0.741. The first kappa shape index (κ1) is 15.7. The molecule has 2 heteroatoms. The van der Waals surface area contributed by atoms with Crippen LogP contribution in [-0.4, -0.2) is 13.1 Å². The number of hydrogen-bond acceptors (Lipinski definition) is 1. The molecule has 21 heavy (non-hydrogen) atoms. The van der Waals surface area contributed by atoms with Gasteiger partial charge in [0.05, 0.1) is 0 Å². The lowest BCUT2D eigenvalue weighted by Crippen LogP contribution is -2.24. The van der Waals surface area contributed by atoms with Gasteiger partial charge in [-0.2, -0.15) is 0 Å². The van der Waals surface area contributed by atoms with Crippen LogP contribution >= 0.6 is 0 Å². The van der Waals surface area contributed by atoms with E-state index >= 15 is 0 Å². The average molecular weight is 285 g/mol. The number of hydrogen-bond donors (Lipinski definition) is 1. The maximum absolute atomic E-state index is 13.5. The summed E-state index contributed by atoms with van der Waals surface area (Å²) in [4.78, 5) is 0. The molecule has 2 aromatic carbocycles. The summed E-state index contributed by atoms with van der Waals surface area (Å²) in [6, 6.07) is 15.4. The van der Waals surface area contributed by atoms with E-state index in [4.69, 9.17) is 0 Å². The largest absolute Gasteiger partial charge is 0.316 e. The fourth-order valence-electron chi connectivity index (χ4n) is 2.63. The van der Waals surface area contributed by atoms with Gasteiger partial charge in [-0.05, 0) is 55.1 Å². The van der Waals surface area contributed by atoms with Gasteiger partial charge in [0.25, 0.3) is 0 Å². The highest BCUT2D eigenvalue weighted by atomic mass is 19.1. The number of rotatable bonds is 7. The highest BCUT2D eigenvalue weighted by Gasteiger charge is 2.14. The monoisotopic (exact) mass is 285 g/mol. The van der Waals surface area contributed by atoms with Crippen LogP contribution in [0.25, 0.3) is 0 Å². The maximum Gasteiger partial charge on any atom is 0.123 e. The molecule has 0 aromatic heterocycles. The van der Waals surface area contributed by atoms with Crippen LogP contribution < -0.4 is 5.32 Å². The Morgan fingerprint density at radius 3 is 2.62 bits per heavy atom. The third-order valence-electron chi connectivity index (χ3n) is 3.87. The first-order valence-electron chi connectivity index (χ1n) is 7.71. The van der Waals surface area contributed by atoms with Crippen LogP contribution in [0.5, 0.6) is 0 Å². The molecule has 0 aliphatic rings. The van der Waals surface area contributed by atoms with Crippen molar-refractivity contribution in [3.63, 3.8) is 0 Å². The van der Waals surface area contributed by atoms with Crippen molar-refractivity contribution < 1.29 is 4.39 Å². The van der Waals surface area contributed by atoms with Crippen LogP contribution in [0.1, 0.15) is 36.0 Å². The van der Waals surface area contributed by atoms with Gasteiger partial charge in [-0.3, -0.25) is 0 Å². The molecular formula is C19H24FN. The van der Waals surface area contributed by atoms with E-state index in [9.17, 15) is 4.39 Å². The van der Waals surface area contributed by atoms with Crippen LogP contribution in [0, 0.1) is 12.7 Å². The topological polar surface area (TPSA) is 12.0 Å². The predicted octanol–water partition coefficient (Wildman–Crippen LogP) is 4.46. The number of benzene rings is 2. The lowest BCUT2D eigenvalue weighted by atomic mass is 9.90. The van der Waals surface area contributed by atoms with E-state index in [-0.39, 0.29) is 5.82 Å². The molecule has 112 valence electrons. The van der Waals surface area contributed by atoms with Crippen molar-refractivity contribution in [2.45, 2.75) is 32.6 Å². The van der Waals surface area contributed by atoms with E-state index in [0.29, 0.717) is 5.92 Å². The predicted molar refractivity (Wildman–Crippen MR) is 87.2 cm³/mol. The lowest BCUT2D eigenvalue weighted by molar-refractivity contribution is 0.568. The third-order valence-corrected chi connectivity index (χ3v) is 3.87. The standard InChI is InChI=1S/C19H24FN/c1-3-11-21-14-18(17-9-6-10-19(20)13-17)12-16-8-5-4-7-15(16)2/h4-10,13,18,21H,3,11-12,14H2,1-2H3. The Morgan fingerprint density at radius 1 is 1.10 bits per heavy atom. The fraction of sp³-hybridized carbons (Fsp3) is 0.368. The second-order valence-electron chi connectivity index (χ2n) is 5.59. The summed E-state index contributed by atoms with van der Waals surface area (Å²) in [5, 5.41) is 3.47. The van der Waals surface area contributed by atoms with Gasteiger partial charge in [0.1, 0.15) is 5.82 Å². The van der Waals surface area contributed by atoms with Gasteiger partial charge in [-0.25, -0.2) is 4.39 Å². The van der Waals surface area contributed by atoms with Crippen molar-refractivity contribution in [2.24, 2.45) is 0 Å². The molecule has 2 aromatic rings. The molecule has 1 unspecified atom stereocenters. The second-order valence-corrected chi connectivity index (χ2v) is 5.59. The zero-order valence-corrected chi connectivity index (χ0v) is 12.9. The van der Waals surface area contributed by atoms with Crippen molar-refractivity contribution in [3.8, 4) is 0 Å². The maximum atomic E-state index is 13.5. The Bertz CT molecular complexity index is 565. The molecule has 0 amide bonds.